The summed E-state index contributed by atoms with van der Waals surface area (Å²) in [7, 11) is 0. The molecule has 212 valence electrons. The summed E-state index contributed by atoms with van der Waals surface area (Å²) in [6.07, 6.45) is 4.75. The molecule has 6 rings (SSSR count). The fourth-order valence-corrected chi connectivity index (χ4v) is 9.73. The normalized spacial score (nSPS) is 52.6. The molecule has 2 heterocycles. The second kappa shape index (κ2) is 9.38. The van der Waals surface area contributed by atoms with Crippen molar-refractivity contribution in [1.82, 2.24) is 0 Å². The van der Waals surface area contributed by atoms with Gasteiger partial charge in [-0.2, -0.15) is 0 Å². The zero-order valence-electron chi connectivity index (χ0n) is 22.8. The monoisotopic (exact) mass is 532 g/mol. The molecule has 0 spiro atoms. The van der Waals surface area contributed by atoms with Gasteiger partial charge in [-0.1, -0.05) is 13.8 Å². The van der Waals surface area contributed by atoms with Crippen molar-refractivity contribution in [1.29, 1.82) is 0 Å². The summed E-state index contributed by atoms with van der Waals surface area (Å²) in [5.41, 5.74) is -0.168. The zero-order chi connectivity index (χ0) is 27.0. The average Bonchev–Trinajstić information content (AvgIpc) is 3.18. The molecule has 38 heavy (non-hydrogen) atoms. The van der Waals surface area contributed by atoms with Gasteiger partial charge < -0.3 is 34.3 Å². The van der Waals surface area contributed by atoms with Crippen molar-refractivity contribution in [3.05, 3.63) is 34.4 Å². The fourth-order valence-electron chi connectivity index (χ4n) is 9.73. The van der Waals surface area contributed by atoms with E-state index in [4.69, 9.17) is 13.9 Å². The highest BCUT2D eigenvalue weighted by Gasteiger charge is 2.67. The van der Waals surface area contributed by atoms with Crippen LogP contribution in [-0.2, 0) is 9.47 Å². The van der Waals surface area contributed by atoms with Crippen LogP contribution in [0.1, 0.15) is 90.0 Å². The van der Waals surface area contributed by atoms with Gasteiger partial charge >= 0.3 is 5.63 Å². The Hall–Kier alpha value is -1.29. The summed E-state index contributed by atoms with van der Waals surface area (Å²) < 4.78 is 17.1. The minimum atomic E-state index is -1.28. The van der Waals surface area contributed by atoms with Gasteiger partial charge in [0, 0.05) is 11.5 Å². The molecule has 8 nitrogen and oxygen atoms in total. The molecule has 0 radical (unpaired) electrons. The highest BCUT2D eigenvalue weighted by Crippen LogP contribution is 2.70. The first-order chi connectivity index (χ1) is 18.0. The number of rotatable bonds is 3. The van der Waals surface area contributed by atoms with Crippen molar-refractivity contribution in [2.24, 2.45) is 28.6 Å². The topological polar surface area (TPSA) is 130 Å². The zero-order valence-corrected chi connectivity index (χ0v) is 22.8. The van der Waals surface area contributed by atoms with E-state index in [1.165, 1.54) is 6.07 Å². The third-order valence-electron chi connectivity index (χ3n) is 12.1. The Kier molecular flexibility index (Phi) is 6.64. The Bertz CT molecular complexity index is 1070. The first-order valence-electron chi connectivity index (χ1n) is 14.6. The Labute approximate surface area is 224 Å². The molecule has 1 aromatic rings. The van der Waals surface area contributed by atoms with Crippen molar-refractivity contribution in [3.63, 3.8) is 0 Å². The Morgan fingerprint density at radius 1 is 0.921 bits per heavy atom. The molecule has 1 aromatic heterocycles. The van der Waals surface area contributed by atoms with E-state index in [2.05, 4.69) is 13.8 Å². The van der Waals surface area contributed by atoms with Crippen LogP contribution in [0.3, 0.4) is 0 Å². The first kappa shape index (κ1) is 26.9. The van der Waals surface area contributed by atoms with Gasteiger partial charge in [0.2, 0.25) is 0 Å². The summed E-state index contributed by atoms with van der Waals surface area (Å²) in [6, 6.07) is 3.38. The van der Waals surface area contributed by atoms with Crippen molar-refractivity contribution < 1.29 is 34.3 Å². The number of hydrogen-bond acceptors (Lipinski definition) is 8. The first-order valence-corrected chi connectivity index (χ1v) is 14.6. The van der Waals surface area contributed by atoms with E-state index in [1.807, 2.05) is 6.07 Å². The summed E-state index contributed by atoms with van der Waals surface area (Å²) in [4.78, 5) is 11.5. The molecule has 0 unspecified atom stereocenters. The van der Waals surface area contributed by atoms with Crippen molar-refractivity contribution >= 4 is 0 Å². The Balaban J connectivity index is 1.17. The minimum absolute atomic E-state index is 0.0699. The maximum Gasteiger partial charge on any atom is 0.335 e. The second-order valence-corrected chi connectivity index (χ2v) is 13.6. The van der Waals surface area contributed by atoms with Gasteiger partial charge in [0.1, 0.15) is 18.3 Å². The third-order valence-corrected chi connectivity index (χ3v) is 12.1. The van der Waals surface area contributed by atoms with E-state index < -0.39 is 36.3 Å². The van der Waals surface area contributed by atoms with Gasteiger partial charge in [-0.25, -0.2) is 4.79 Å². The molecular weight excluding hydrogens is 488 g/mol. The third kappa shape index (κ3) is 3.89. The second-order valence-electron chi connectivity index (χ2n) is 13.6. The van der Waals surface area contributed by atoms with E-state index in [9.17, 15) is 25.2 Å². The van der Waals surface area contributed by atoms with Crippen LogP contribution in [0.25, 0.3) is 0 Å². The molecule has 4 aliphatic carbocycles. The van der Waals surface area contributed by atoms with Crippen LogP contribution in [0.5, 0.6) is 0 Å². The van der Waals surface area contributed by atoms with Gasteiger partial charge in [-0.15, -0.1) is 0 Å². The Morgan fingerprint density at radius 2 is 1.71 bits per heavy atom. The molecule has 4 saturated carbocycles. The molecule has 0 amide bonds. The smallest absolute Gasteiger partial charge is 0.335 e. The van der Waals surface area contributed by atoms with Crippen LogP contribution < -0.4 is 5.63 Å². The largest absolute Gasteiger partial charge is 0.431 e. The van der Waals surface area contributed by atoms with Gasteiger partial charge in [0.25, 0.3) is 0 Å². The summed E-state index contributed by atoms with van der Waals surface area (Å²) in [5.74, 6) is 1.35. The maximum atomic E-state index is 12.4. The molecule has 1 aliphatic heterocycles. The number of aliphatic hydroxyl groups is 4. The van der Waals surface area contributed by atoms with Gasteiger partial charge in [-0.3, -0.25) is 0 Å². The summed E-state index contributed by atoms with van der Waals surface area (Å²) in [5, 5.41) is 43.1. The molecule has 1 saturated heterocycles. The lowest BCUT2D eigenvalue weighted by Crippen LogP contribution is -2.62. The highest BCUT2D eigenvalue weighted by atomic mass is 16.7. The van der Waals surface area contributed by atoms with Crippen LogP contribution in [0.4, 0.5) is 0 Å². The SMILES string of the molecule is C[C@@H]1O[C@@H](O[C@H]2CC[C@@]3(C)[C@@H](CC[C@@H]4[C@@H]3CC[C@]3(C)[C@@H](c5ccc(=O)oc5)CC[C@]43O)C2)[C@H](O)[C@H](O)[C@H]1O. The van der Waals surface area contributed by atoms with Gasteiger partial charge in [0.15, 0.2) is 6.29 Å². The molecule has 4 N–H and O–H groups in total. The van der Waals surface area contributed by atoms with Crippen LogP contribution in [-0.4, -0.2) is 62.8 Å². The number of aliphatic hydroxyl groups excluding tert-OH is 3. The van der Waals surface area contributed by atoms with Gasteiger partial charge in [0.05, 0.1) is 24.1 Å². The lowest BCUT2D eigenvalue weighted by molar-refractivity contribution is -0.310. The number of fused-ring (bicyclic) bond motifs is 5. The fraction of sp³-hybridized carbons (Fsp3) is 0.833. The maximum absolute atomic E-state index is 12.4. The predicted molar refractivity (Wildman–Crippen MR) is 138 cm³/mol. The molecular formula is C30H44O8. The van der Waals surface area contributed by atoms with Crippen LogP contribution in [0.15, 0.2) is 27.6 Å². The lowest BCUT2D eigenvalue weighted by Gasteiger charge is -2.63. The van der Waals surface area contributed by atoms with E-state index in [0.29, 0.717) is 11.8 Å². The van der Waals surface area contributed by atoms with E-state index in [-0.39, 0.29) is 34.4 Å². The standard InChI is InChI=1S/C30H44O8/c1-16-24(32)25(33)26(34)27(37-16)38-19-8-11-28(2)18(14-19)5-6-22-21(28)9-12-29(3)20(10-13-30(22,29)35)17-4-7-23(31)36-15-17/h4,7,15-16,18-22,24-27,32-35H,5-6,8-14H2,1-3H3/t16-,18-,19-,20+,21-,22+,24-,25+,26+,27-,28-,29+,30-/m0/s1. The molecule has 13 atom stereocenters. The molecule has 5 fully saturated rings. The molecule has 0 bridgehead atoms. The van der Waals surface area contributed by atoms with Crippen LogP contribution in [0.2, 0.25) is 0 Å². The van der Waals surface area contributed by atoms with Gasteiger partial charge in [-0.05, 0) is 105 Å². The van der Waals surface area contributed by atoms with Crippen LogP contribution >= 0.6 is 0 Å². The Morgan fingerprint density at radius 3 is 2.45 bits per heavy atom. The van der Waals surface area contributed by atoms with E-state index >= 15 is 0 Å². The quantitative estimate of drug-likeness (QED) is 0.437. The molecule has 0 aromatic carbocycles. The molecule has 5 aliphatic rings. The van der Waals surface area contributed by atoms with Crippen molar-refractivity contribution in [2.45, 2.75) is 127 Å². The number of hydrogen-bond donors (Lipinski definition) is 4. The minimum Gasteiger partial charge on any atom is -0.431 e. The highest BCUT2D eigenvalue weighted by molar-refractivity contribution is 5.27. The van der Waals surface area contributed by atoms with Crippen LogP contribution in [0, 0.1) is 28.6 Å². The summed E-state index contributed by atoms with van der Waals surface area (Å²) in [6.45, 7) is 6.36. The molecule has 8 heteroatoms. The van der Waals surface area contributed by atoms with Crippen molar-refractivity contribution in [2.75, 3.05) is 0 Å². The lowest BCUT2D eigenvalue weighted by atomic mass is 9.43. The summed E-state index contributed by atoms with van der Waals surface area (Å²) >= 11 is 0. The van der Waals surface area contributed by atoms with E-state index in [0.717, 1.165) is 63.4 Å². The number of ether oxygens (including phenoxy) is 2. The van der Waals surface area contributed by atoms with Crippen molar-refractivity contribution in [3.8, 4) is 0 Å². The predicted octanol–water partition coefficient (Wildman–Crippen LogP) is 3.09. The average molecular weight is 533 g/mol. The van der Waals surface area contributed by atoms with E-state index in [1.54, 1.807) is 13.2 Å².